The van der Waals surface area contributed by atoms with Crippen LogP contribution in [0, 0.1) is 0 Å². The Morgan fingerprint density at radius 2 is 2.21 bits per heavy atom. The molecule has 96 valence electrons. The van der Waals surface area contributed by atoms with Gasteiger partial charge in [0.2, 0.25) is 0 Å². The number of benzene rings is 1. The van der Waals surface area contributed by atoms with Gasteiger partial charge in [-0.05, 0) is 29.7 Å². The molecule has 2 aromatic heterocycles. The zero-order chi connectivity index (χ0) is 13.2. The Labute approximate surface area is 111 Å². The molecule has 1 unspecified atom stereocenters. The smallest absolute Gasteiger partial charge is 0.134 e. The molecule has 0 bridgehead atoms. The number of furan rings is 1. The summed E-state index contributed by atoms with van der Waals surface area (Å²) in [7, 11) is 0. The summed E-state index contributed by atoms with van der Waals surface area (Å²) in [5.74, 6) is 1.05. The fraction of sp³-hybridized carbons (Fsp3) is 0.188. The maximum absolute atomic E-state index is 10.7. The molecule has 19 heavy (non-hydrogen) atoms. The second-order valence-electron chi connectivity index (χ2n) is 4.75. The summed E-state index contributed by atoms with van der Waals surface area (Å²) in [5.41, 5.74) is 3.30. The van der Waals surface area contributed by atoms with Crippen LogP contribution in [0.3, 0.4) is 0 Å². The minimum absolute atomic E-state index is 0.197. The number of aromatic amines is 1. The Bertz CT molecular complexity index is 695. The molecule has 0 aliphatic carbocycles. The lowest BCUT2D eigenvalue weighted by Crippen LogP contribution is -1.93. The molecule has 2 heterocycles. The first-order valence-corrected chi connectivity index (χ1v) is 6.38. The molecule has 1 atom stereocenters. The number of carbonyl (C=O) groups excluding carboxylic acids is 1. The molecule has 1 N–H and O–H groups in total. The normalized spacial score (nSPS) is 12.7. The van der Waals surface area contributed by atoms with E-state index in [1.54, 1.807) is 6.26 Å². The van der Waals surface area contributed by atoms with Crippen LogP contribution in [0.4, 0.5) is 0 Å². The van der Waals surface area contributed by atoms with Crippen molar-refractivity contribution >= 4 is 17.2 Å². The lowest BCUT2D eigenvalue weighted by atomic mass is 9.94. The molecule has 0 spiro atoms. The zero-order valence-electron chi connectivity index (χ0n) is 10.7. The van der Waals surface area contributed by atoms with E-state index in [-0.39, 0.29) is 5.92 Å². The highest BCUT2D eigenvalue weighted by molar-refractivity contribution is 5.97. The standard InChI is InChI=1S/C16H15NO2/c1-11(7-8-18)13-10-17-14-5-2-4-12(16(13)14)15-6-3-9-19-15/h2-6,8-11,17H,7H2,1H3. The van der Waals surface area contributed by atoms with E-state index < -0.39 is 0 Å². The topological polar surface area (TPSA) is 46.0 Å². The van der Waals surface area contributed by atoms with Crippen LogP contribution in [0.15, 0.2) is 47.2 Å². The van der Waals surface area contributed by atoms with Gasteiger partial charge in [0.1, 0.15) is 12.0 Å². The van der Waals surface area contributed by atoms with Crippen molar-refractivity contribution < 1.29 is 9.21 Å². The molecule has 0 fully saturated rings. The highest BCUT2D eigenvalue weighted by Crippen LogP contribution is 2.35. The first-order valence-electron chi connectivity index (χ1n) is 6.38. The minimum Gasteiger partial charge on any atom is -0.464 e. The van der Waals surface area contributed by atoms with E-state index in [2.05, 4.69) is 11.9 Å². The third-order valence-corrected chi connectivity index (χ3v) is 3.50. The molecule has 0 amide bonds. The predicted octanol–water partition coefficient (Wildman–Crippen LogP) is 4.12. The second-order valence-corrected chi connectivity index (χ2v) is 4.75. The Kier molecular flexibility index (Phi) is 2.95. The number of nitrogens with one attached hydrogen (secondary N) is 1. The van der Waals surface area contributed by atoms with Gasteiger partial charge >= 0.3 is 0 Å². The largest absolute Gasteiger partial charge is 0.464 e. The fourth-order valence-corrected chi connectivity index (χ4v) is 2.51. The molecule has 0 saturated heterocycles. The predicted molar refractivity (Wildman–Crippen MR) is 75.1 cm³/mol. The summed E-state index contributed by atoms with van der Waals surface area (Å²) in [5, 5.41) is 1.15. The van der Waals surface area contributed by atoms with E-state index in [0.717, 1.165) is 34.1 Å². The zero-order valence-corrected chi connectivity index (χ0v) is 10.7. The molecular weight excluding hydrogens is 238 g/mol. The van der Waals surface area contributed by atoms with E-state index in [4.69, 9.17) is 4.42 Å². The van der Waals surface area contributed by atoms with Crippen LogP contribution < -0.4 is 0 Å². The number of hydrogen-bond acceptors (Lipinski definition) is 2. The summed E-state index contributed by atoms with van der Waals surface area (Å²) in [4.78, 5) is 14.0. The quantitative estimate of drug-likeness (QED) is 0.711. The summed E-state index contributed by atoms with van der Waals surface area (Å²) in [6.07, 6.45) is 5.17. The Morgan fingerprint density at radius 3 is 2.95 bits per heavy atom. The van der Waals surface area contributed by atoms with Crippen molar-refractivity contribution in [1.82, 2.24) is 4.98 Å². The summed E-state index contributed by atoms with van der Waals surface area (Å²) >= 11 is 0. The third kappa shape index (κ3) is 1.97. The van der Waals surface area contributed by atoms with E-state index >= 15 is 0 Å². The van der Waals surface area contributed by atoms with Crippen molar-refractivity contribution in [2.24, 2.45) is 0 Å². The van der Waals surface area contributed by atoms with Gasteiger partial charge in [0.05, 0.1) is 6.26 Å². The summed E-state index contributed by atoms with van der Waals surface area (Å²) in [6.45, 7) is 2.07. The molecule has 3 heteroatoms. The van der Waals surface area contributed by atoms with Crippen molar-refractivity contribution in [1.29, 1.82) is 0 Å². The number of aldehydes is 1. The van der Waals surface area contributed by atoms with Crippen LogP contribution in [0.5, 0.6) is 0 Å². The van der Waals surface area contributed by atoms with Gasteiger partial charge in [0, 0.05) is 29.1 Å². The Balaban J connectivity index is 2.22. The molecule has 0 saturated carbocycles. The van der Waals surface area contributed by atoms with Gasteiger partial charge in [-0.1, -0.05) is 19.1 Å². The van der Waals surface area contributed by atoms with E-state index in [9.17, 15) is 4.79 Å². The van der Waals surface area contributed by atoms with E-state index in [0.29, 0.717) is 6.42 Å². The van der Waals surface area contributed by atoms with Crippen LogP contribution >= 0.6 is 0 Å². The van der Waals surface area contributed by atoms with Gasteiger partial charge in [-0.15, -0.1) is 0 Å². The van der Waals surface area contributed by atoms with Crippen LogP contribution in [-0.4, -0.2) is 11.3 Å². The van der Waals surface area contributed by atoms with Crippen molar-refractivity contribution in [3.63, 3.8) is 0 Å². The highest BCUT2D eigenvalue weighted by Gasteiger charge is 2.15. The van der Waals surface area contributed by atoms with E-state index in [1.807, 2.05) is 36.5 Å². The number of rotatable bonds is 4. The Hall–Kier alpha value is -2.29. The molecule has 3 aromatic rings. The molecule has 0 aliphatic rings. The maximum Gasteiger partial charge on any atom is 0.134 e. The monoisotopic (exact) mass is 253 g/mol. The Morgan fingerprint density at radius 1 is 1.32 bits per heavy atom. The average Bonchev–Trinajstić information content (AvgIpc) is 3.08. The van der Waals surface area contributed by atoms with Crippen LogP contribution in [-0.2, 0) is 4.79 Å². The van der Waals surface area contributed by atoms with Gasteiger partial charge in [-0.2, -0.15) is 0 Å². The number of H-pyrrole nitrogens is 1. The highest BCUT2D eigenvalue weighted by atomic mass is 16.3. The number of aromatic nitrogens is 1. The van der Waals surface area contributed by atoms with Crippen molar-refractivity contribution in [3.05, 3.63) is 48.4 Å². The molecule has 3 nitrogen and oxygen atoms in total. The van der Waals surface area contributed by atoms with Gasteiger partial charge in [0.25, 0.3) is 0 Å². The number of carbonyl (C=O) groups is 1. The molecule has 1 aromatic carbocycles. The SMILES string of the molecule is CC(CC=O)c1c[nH]c2cccc(-c3ccco3)c12. The van der Waals surface area contributed by atoms with Gasteiger partial charge in [-0.3, -0.25) is 0 Å². The minimum atomic E-state index is 0.197. The van der Waals surface area contributed by atoms with E-state index in [1.165, 1.54) is 0 Å². The van der Waals surface area contributed by atoms with Gasteiger partial charge in [0.15, 0.2) is 0 Å². The third-order valence-electron chi connectivity index (χ3n) is 3.50. The fourth-order valence-electron chi connectivity index (χ4n) is 2.51. The molecule has 0 aliphatic heterocycles. The first-order chi connectivity index (χ1) is 9.31. The van der Waals surface area contributed by atoms with Crippen LogP contribution in [0.1, 0.15) is 24.8 Å². The van der Waals surface area contributed by atoms with Crippen molar-refractivity contribution in [2.75, 3.05) is 0 Å². The summed E-state index contributed by atoms with van der Waals surface area (Å²) < 4.78 is 5.51. The first kappa shape index (κ1) is 11.8. The lowest BCUT2D eigenvalue weighted by molar-refractivity contribution is -0.108. The molecule has 3 rings (SSSR count). The van der Waals surface area contributed by atoms with Crippen LogP contribution in [0.25, 0.3) is 22.2 Å². The second kappa shape index (κ2) is 4.76. The van der Waals surface area contributed by atoms with Crippen molar-refractivity contribution in [3.8, 4) is 11.3 Å². The van der Waals surface area contributed by atoms with Crippen molar-refractivity contribution in [2.45, 2.75) is 19.3 Å². The average molecular weight is 253 g/mol. The summed E-state index contributed by atoms with van der Waals surface area (Å²) in [6, 6.07) is 9.93. The maximum atomic E-state index is 10.7. The van der Waals surface area contributed by atoms with Crippen LogP contribution in [0.2, 0.25) is 0 Å². The number of hydrogen-bond donors (Lipinski definition) is 1. The van der Waals surface area contributed by atoms with Gasteiger partial charge < -0.3 is 14.2 Å². The molecular formula is C16H15NO2. The van der Waals surface area contributed by atoms with Gasteiger partial charge in [-0.25, -0.2) is 0 Å². The molecule has 0 radical (unpaired) electrons. The number of fused-ring (bicyclic) bond motifs is 1. The lowest BCUT2D eigenvalue weighted by Gasteiger charge is -2.08.